The van der Waals surface area contributed by atoms with Crippen molar-refractivity contribution in [2.75, 3.05) is 29.5 Å². The predicted octanol–water partition coefficient (Wildman–Crippen LogP) is 3.24. The first kappa shape index (κ1) is 21.2. The van der Waals surface area contributed by atoms with Crippen LogP contribution in [0.15, 0.2) is 46.1 Å². The van der Waals surface area contributed by atoms with Crippen LogP contribution in [0.2, 0.25) is 0 Å². The highest BCUT2D eigenvalue weighted by molar-refractivity contribution is 8.01. The van der Waals surface area contributed by atoms with Gasteiger partial charge in [0.15, 0.2) is 4.34 Å². The second kappa shape index (κ2) is 10.9. The molecule has 0 bridgehead atoms. The minimum Gasteiger partial charge on any atom is -0.360 e. The van der Waals surface area contributed by atoms with Gasteiger partial charge < -0.3 is 16.0 Å². The second-order valence-corrected chi connectivity index (χ2v) is 8.98. The minimum absolute atomic E-state index is 0.133. The summed E-state index contributed by atoms with van der Waals surface area (Å²) in [6, 6.07) is 9.51. The minimum atomic E-state index is -0.386. The Morgan fingerprint density at radius 1 is 1.10 bits per heavy atom. The largest absolute Gasteiger partial charge is 0.360 e. The molecule has 1 aromatic carbocycles. The molecule has 0 aliphatic carbocycles. The maximum absolute atomic E-state index is 12.8. The Morgan fingerprint density at radius 2 is 1.93 bits per heavy atom. The lowest BCUT2D eigenvalue weighted by molar-refractivity contribution is -0.122. The zero-order chi connectivity index (χ0) is 20.5. The summed E-state index contributed by atoms with van der Waals surface area (Å²) in [7, 11) is 0. The zero-order valence-electron chi connectivity index (χ0n) is 15.2. The number of carbonyl (C=O) groups excluding carboxylic acids is 2. The van der Waals surface area contributed by atoms with Crippen LogP contribution in [0.5, 0.6) is 0 Å². The first-order valence-electron chi connectivity index (χ1n) is 8.63. The molecular formula is C18H18FN5O2S3. The molecule has 0 aliphatic heterocycles. The number of benzene rings is 1. The van der Waals surface area contributed by atoms with E-state index in [0.717, 1.165) is 13.0 Å². The normalized spacial score (nSPS) is 10.5. The first-order chi connectivity index (χ1) is 14.1. The molecule has 2 amide bonds. The second-order valence-electron chi connectivity index (χ2n) is 5.75. The van der Waals surface area contributed by atoms with Crippen molar-refractivity contribution < 1.29 is 14.0 Å². The van der Waals surface area contributed by atoms with E-state index in [2.05, 4.69) is 32.2 Å². The molecule has 2 aromatic heterocycles. The van der Waals surface area contributed by atoms with E-state index >= 15 is 0 Å². The Kier molecular flexibility index (Phi) is 7.96. The first-order valence-corrected chi connectivity index (χ1v) is 11.3. The highest BCUT2D eigenvalue weighted by Gasteiger charge is 2.10. The van der Waals surface area contributed by atoms with Crippen molar-refractivity contribution in [1.29, 1.82) is 0 Å². The summed E-state index contributed by atoms with van der Waals surface area (Å²) < 4.78 is 13.5. The van der Waals surface area contributed by atoms with Crippen LogP contribution in [0.3, 0.4) is 0 Å². The number of rotatable bonds is 10. The Morgan fingerprint density at radius 3 is 2.69 bits per heavy atom. The fourth-order valence-electron chi connectivity index (χ4n) is 2.18. The van der Waals surface area contributed by atoms with E-state index in [-0.39, 0.29) is 29.9 Å². The molecule has 0 fully saturated rings. The number of carbonyl (C=O) groups is 2. The topological polar surface area (TPSA) is 96.0 Å². The summed E-state index contributed by atoms with van der Waals surface area (Å²) in [5.41, 5.74) is 0.466. The molecule has 2 heterocycles. The number of nitrogens with one attached hydrogen (secondary N) is 3. The van der Waals surface area contributed by atoms with Crippen LogP contribution in [-0.4, -0.2) is 40.9 Å². The lowest BCUT2D eigenvalue weighted by Gasteiger charge is -2.06. The van der Waals surface area contributed by atoms with Crippen molar-refractivity contribution in [1.82, 2.24) is 15.5 Å². The molecule has 0 atom stereocenters. The van der Waals surface area contributed by atoms with Gasteiger partial charge in [0.1, 0.15) is 5.82 Å². The van der Waals surface area contributed by atoms with Crippen LogP contribution in [0, 0.1) is 5.82 Å². The number of thioether (sulfide) groups is 1. The van der Waals surface area contributed by atoms with Gasteiger partial charge in [0.2, 0.25) is 16.9 Å². The van der Waals surface area contributed by atoms with Gasteiger partial charge in [0.25, 0.3) is 0 Å². The van der Waals surface area contributed by atoms with Crippen molar-refractivity contribution in [3.05, 3.63) is 52.5 Å². The van der Waals surface area contributed by atoms with Crippen molar-refractivity contribution in [3.63, 3.8) is 0 Å². The molecule has 3 N–H and O–H groups in total. The number of aromatic nitrogens is 2. The van der Waals surface area contributed by atoms with Crippen LogP contribution in [0.4, 0.5) is 15.2 Å². The van der Waals surface area contributed by atoms with Crippen LogP contribution in [-0.2, 0) is 16.0 Å². The van der Waals surface area contributed by atoms with E-state index in [1.807, 2.05) is 11.4 Å². The van der Waals surface area contributed by atoms with Gasteiger partial charge in [-0.2, -0.15) is 0 Å². The van der Waals surface area contributed by atoms with E-state index in [1.165, 1.54) is 52.2 Å². The van der Waals surface area contributed by atoms with Crippen LogP contribution in [0.1, 0.15) is 4.88 Å². The lowest BCUT2D eigenvalue weighted by atomic mass is 10.3. The van der Waals surface area contributed by atoms with E-state index in [0.29, 0.717) is 15.2 Å². The van der Waals surface area contributed by atoms with Gasteiger partial charge in [0, 0.05) is 17.1 Å². The van der Waals surface area contributed by atoms with Crippen molar-refractivity contribution >= 4 is 57.1 Å². The third-order valence-corrected chi connectivity index (χ3v) is 6.49. The fraction of sp³-hybridized carbons (Fsp3) is 0.222. The highest BCUT2D eigenvalue weighted by atomic mass is 32.2. The number of nitrogens with zero attached hydrogens (tertiary/aromatic N) is 2. The van der Waals surface area contributed by atoms with Crippen LogP contribution in [0.25, 0.3) is 0 Å². The number of anilines is 2. The Labute approximate surface area is 179 Å². The van der Waals surface area contributed by atoms with Gasteiger partial charge in [-0.1, -0.05) is 29.2 Å². The van der Waals surface area contributed by atoms with E-state index < -0.39 is 0 Å². The smallest absolute Gasteiger partial charge is 0.243 e. The Balaban J connectivity index is 1.32. The summed E-state index contributed by atoms with van der Waals surface area (Å²) in [6.45, 7) is 0.603. The monoisotopic (exact) mass is 451 g/mol. The maximum atomic E-state index is 12.8. The van der Waals surface area contributed by atoms with Crippen molar-refractivity contribution in [2.45, 2.75) is 10.8 Å². The molecular weight excluding hydrogens is 433 g/mol. The van der Waals surface area contributed by atoms with E-state index in [4.69, 9.17) is 0 Å². The van der Waals surface area contributed by atoms with Gasteiger partial charge in [-0.15, -0.1) is 21.5 Å². The number of thiophene rings is 1. The molecule has 0 saturated carbocycles. The SMILES string of the molecule is O=C(CSc1nnc(NCCc2cccs2)s1)NCC(=O)Nc1ccc(F)cc1. The third-order valence-electron chi connectivity index (χ3n) is 3.54. The number of hydrogen-bond donors (Lipinski definition) is 3. The fourth-order valence-corrected chi connectivity index (χ4v) is 4.50. The Hall–Kier alpha value is -2.50. The highest BCUT2D eigenvalue weighted by Crippen LogP contribution is 2.25. The standard InChI is InChI=1S/C18H18FN5O2S3/c19-12-3-5-13(6-4-12)22-15(25)10-21-16(26)11-28-18-24-23-17(29-18)20-8-7-14-2-1-9-27-14/h1-6,9H,7-8,10-11H2,(H,20,23)(H,21,26)(H,22,25). The van der Waals surface area contributed by atoms with Gasteiger partial charge >= 0.3 is 0 Å². The molecule has 0 spiro atoms. The average molecular weight is 452 g/mol. The third kappa shape index (κ3) is 7.44. The van der Waals surface area contributed by atoms with E-state index in [1.54, 1.807) is 11.3 Å². The van der Waals surface area contributed by atoms with E-state index in [9.17, 15) is 14.0 Å². The van der Waals surface area contributed by atoms with Gasteiger partial charge in [0.05, 0.1) is 12.3 Å². The molecule has 0 saturated heterocycles. The summed E-state index contributed by atoms with van der Waals surface area (Å²) in [5, 5.41) is 19.2. The van der Waals surface area contributed by atoms with Crippen molar-refractivity contribution in [3.8, 4) is 0 Å². The molecule has 152 valence electrons. The van der Waals surface area contributed by atoms with Gasteiger partial charge in [-0.05, 0) is 42.1 Å². The number of halogens is 1. The molecule has 0 aliphatic rings. The van der Waals surface area contributed by atoms with Crippen molar-refractivity contribution in [2.24, 2.45) is 0 Å². The maximum Gasteiger partial charge on any atom is 0.243 e. The number of hydrogen-bond acceptors (Lipinski definition) is 8. The Bertz CT molecular complexity index is 931. The molecule has 3 rings (SSSR count). The molecule has 11 heteroatoms. The van der Waals surface area contributed by atoms with Crippen LogP contribution < -0.4 is 16.0 Å². The summed E-state index contributed by atoms with van der Waals surface area (Å²) in [6.07, 6.45) is 0.919. The molecule has 0 radical (unpaired) electrons. The molecule has 3 aromatic rings. The quantitative estimate of drug-likeness (QED) is 0.410. The van der Waals surface area contributed by atoms with Gasteiger partial charge in [-0.25, -0.2) is 4.39 Å². The predicted molar refractivity (Wildman–Crippen MR) is 115 cm³/mol. The zero-order valence-corrected chi connectivity index (χ0v) is 17.6. The van der Waals surface area contributed by atoms with Crippen LogP contribution >= 0.6 is 34.4 Å². The average Bonchev–Trinajstić information content (AvgIpc) is 3.39. The molecule has 7 nitrogen and oxygen atoms in total. The summed E-state index contributed by atoms with van der Waals surface area (Å²) >= 11 is 4.36. The summed E-state index contributed by atoms with van der Waals surface area (Å²) in [4.78, 5) is 25.0. The number of amides is 2. The molecule has 29 heavy (non-hydrogen) atoms. The lowest BCUT2D eigenvalue weighted by Crippen LogP contribution is -2.33. The van der Waals surface area contributed by atoms with Gasteiger partial charge in [-0.3, -0.25) is 9.59 Å². The molecule has 0 unspecified atom stereocenters. The summed E-state index contributed by atoms with van der Waals surface area (Å²) in [5.74, 6) is -0.922.